The zero-order chi connectivity index (χ0) is 26.3. The fourth-order valence-electron chi connectivity index (χ4n) is 4.64. The maximum absolute atomic E-state index is 14.4. The van der Waals surface area contributed by atoms with Gasteiger partial charge in [-0.25, -0.2) is 18.4 Å². The minimum Gasteiger partial charge on any atom is -0.487 e. The molecule has 0 bridgehead atoms. The first-order chi connectivity index (χ1) is 17.7. The van der Waals surface area contributed by atoms with Crippen LogP contribution in [0.4, 0.5) is 8.78 Å². The number of halogens is 3. The predicted molar refractivity (Wildman–Crippen MR) is 135 cm³/mol. The summed E-state index contributed by atoms with van der Waals surface area (Å²) in [7, 11) is 0. The van der Waals surface area contributed by atoms with Crippen LogP contribution in [0, 0.1) is 18.6 Å². The van der Waals surface area contributed by atoms with Crippen LogP contribution in [0.1, 0.15) is 36.7 Å². The van der Waals surface area contributed by atoms with Crippen molar-refractivity contribution in [2.75, 3.05) is 13.2 Å². The lowest BCUT2D eigenvalue weighted by atomic mass is 9.99. The molecule has 1 saturated heterocycles. The number of carbonyl (C=O) groups excluding carboxylic acids is 1. The zero-order valence-corrected chi connectivity index (χ0v) is 21.3. The SMILES string of the molecule is Cc1cc(-n2cc(F)cn2)c2cccc(OCc3c(Cl)cc(F)cc3[C@H](C)N3C[C@@H](C)OCC3=O)c2n1. The Labute approximate surface area is 217 Å². The second-order valence-corrected chi connectivity index (χ2v) is 9.53. The Morgan fingerprint density at radius 2 is 2.05 bits per heavy atom. The van der Waals surface area contributed by atoms with Crippen molar-refractivity contribution < 1.29 is 23.0 Å². The molecule has 2 aromatic carbocycles. The molecule has 0 spiro atoms. The van der Waals surface area contributed by atoms with Gasteiger partial charge in [0.1, 0.15) is 30.3 Å². The van der Waals surface area contributed by atoms with Gasteiger partial charge in [0.05, 0.1) is 35.2 Å². The number of carbonyl (C=O) groups is 1. The highest BCUT2D eigenvalue weighted by Crippen LogP contribution is 2.34. The molecule has 7 nitrogen and oxygen atoms in total. The molecule has 0 N–H and O–H groups in total. The molecule has 1 amide bonds. The number of para-hydroxylation sites is 1. The lowest BCUT2D eigenvalue weighted by Gasteiger charge is -2.36. The smallest absolute Gasteiger partial charge is 0.249 e. The number of ether oxygens (including phenoxy) is 2. The first kappa shape index (κ1) is 25.1. The van der Waals surface area contributed by atoms with Crippen LogP contribution in [0.2, 0.25) is 5.02 Å². The average Bonchev–Trinajstić information content (AvgIpc) is 3.29. The highest BCUT2D eigenvalue weighted by Gasteiger charge is 2.30. The molecule has 1 aliphatic rings. The topological polar surface area (TPSA) is 69.5 Å². The molecule has 5 rings (SSSR count). The van der Waals surface area contributed by atoms with Crippen LogP contribution in [0.5, 0.6) is 5.75 Å². The van der Waals surface area contributed by atoms with Crippen LogP contribution in [0.25, 0.3) is 16.6 Å². The van der Waals surface area contributed by atoms with Crippen molar-refractivity contribution in [2.45, 2.75) is 39.5 Å². The lowest BCUT2D eigenvalue weighted by Crippen LogP contribution is -2.46. The summed E-state index contributed by atoms with van der Waals surface area (Å²) in [6.07, 6.45) is 2.30. The number of nitrogens with zero attached hydrogens (tertiary/aromatic N) is 4. The Hall–Kier alpha value is -3.56. The van der Waals surface area contributed by atoms with Crippen LogP contribution in [-0.4, -0.2) is 44.8 Å². The maximum Gasteiger partial charge on any atom is 0.249 e. The van der Waals surface area contributed by atoms with E-state index >= 15 is 0 Å². The van der Waals surface area contributed by atoms with Crippen molar-refractivity contribution in [3.8, 4) is 11.4 Å². The van der Waals surface area contributed by atoms with E-state index in [1.165, 1.54) is 23.0 Å². The number of amides is 1. The fourth-order valence-corrected chi connectivity index (χ4v) is 4.90. The number of benzene rings is 2. The van der Waals surface area contributed by atoms with Crippen LogP contribution < -0.4 is 4.74 Å². The largest absolute Gasteiger partial charge is 0.487 e. The Bertz CT molecular complexity index is 1490. The van der Waals surface area contributed by atoms with Gasteiger partial charge in [-0.3, -0.25) is 4.79 Å². The Morgan fingerprint density at radius 1 is 1.24 bits per heavy atom. The average molecular weight is 527 g/mol. The first-order valence-corrected chi connectivity index (χ1v) is 12.2. The van der Waals surface area contributed by atoms with Gasteiger partial charge in [0.15, 0.2) is 5.82 Å². The quantitative estimate of drug-likeness (QED) is 0.329. The van der Waals surface area contributed by atoms with Gasteiger partial charge in [-0.2, -0.15) is 5.10 Å². The van der Waals surface area contributed by atoms with Gasteiger partial charge in [-0.05, 0) is 50.6 Å². The summed E-state index contributed by atoms with van der Waals surface area (Å²) in [6.45, 7) is 5.94. The lowest BCUT2D eigenvalue weighted by molar-refractivity contribution is -0.150. The number of aryl methyl sites for hydroxylation is 1. The van der Waals surface area contributed by atoms with E-state index < -0.39 is 17.7 Å². The van der Waals surface area contributed by atoms with Crippen molar-refractivity contribution >= 4 is 28.4 Å². The summed E-state index contributed by atoms with van der Waals surface area (Å²) in [5.74, 6) is -0.641. The summed E-state index contributed by atoms with van der Waals surface area (Å²) < 4.78 is 41.2. The van der Waals surface area contributed by atoms with Crippen LogP contribution in [0.15, 0.2) is 48.8 Å². The van der Waals surface area contributed by atoms with E-state index in [1.54, 1.807) is 11.0 Å². The number of hydrogen-bond acceptors (Lipinski definition) is 5. The van der Waals surface area contributed by atoms with Crippen LogP contribution in [-0.2, 0) is 16.1 Å². The van der Waals surface area contributed by atoms with Crippen LogP contribution in [0.3, 0.4) is 0 Å². The number of rotatable bonds is 6. The molecule has 0 saturated carbocycles. The number of aromatic nitrogens is 3. The van der Waals surface area contributed by atoms with Crippen molar-refractivity contribution in [2.24, 2.45) is 0 Å². The second kappa shape index (κ2) is 10.1. The van der Waals surface area contributed by atoms with Gasteiger partial charge < -0.3 is 14.4 Å². The Morgan fingerprint density at radius 3 is 2.81 bits per heavy atom. The standard InChI is InChI=1S/C27H25ClF2N4O3/c1-15-7-24(34-12-19(30)10-31-34)20-5-4-6-25(27(20)32-15)37-13-22-21(8-18(29)9-23(22)28)17(3)33-11-16(2)36-14-26(33)35/h4-10,12,16-17H,11,13-14H2,1-3H3/t16-,17+/m1/s1. The minimum atomic E-state index is -0.497. The Balaban J connectivity index is 1.50. The molecule has 1 aliphatic heterocycles. The van der Waals surface area contributed by atoms with Gasteiger partial charge in [0, 0.05) is 23.2 Å². The third-order valence-electron chi connectivity index (χ3n) is 6.46. The molecule has 10 heteroatoms. The number of pyridine rings is 1. The molecule has 1 fully saturated rings. The molecule has 0 radical (unpaired) electrons. The van der Waals surface area contributed by atoms with Crippen molar-refractivity contribution in [1.29, 1.82) is 0 Å². The summed E-state index contributed by atoms with van der Waals surface area (Å²) in [6, 6.07) is 9.43. The molecular formula is C27H25ClF2N4O3. The molecule has 192 valence electrons. The molecule has 37 heavy (non-hydrogen) atoms. The molecule has 2 aromatic heterocycles. The summed E-state index contributed by atoms with van der Waals surface area (Å²) in [5.41, 5.74) is 3.05. The molecule has 4 aromatic rings. The van der Waals surface area contributed by atoms with E-state index in [-0.39, 0.29) is 30.2 Å². The van der Waals surface area contributed by atoms with E-state index in [2.05, 4.69) is 10.1 Å². The maximum atomic E-state index is 14.4. The number of morpholine rings is 1. The van der Waals surface area contributed by atoms with Crippen molar-refractivity contribution in [3.63, 3.8) is 0 Å². The van der Waals surface area contributed by atoms with E-state index in [4.69, 9.17) is 21.1 Å². The summed E-state index contributed by atoms with van der Waals surface area (Å²) >= 11 is 6.49. The van der Waals surface area contributed by atoms with Gasteiger partial charge in [0.25, 0.3) is 0 Å². The molecular weight excluding hydrogens is 502 g/mol. The van der Waals surface area contributed by atoms with E-state index in [0.717, 1.165) is 11.6 Å². The third-order valence-corrected chi connectivity index (χ3v) is 6.79. The molecule has 3 heterocycles. The van der Waals surface area contributed by atoms with Gasteiger partial charge in [-0.1, -0.05) is 23.7 Å². The number of fused-ring (bicyclic) bond motifs is 1. The summed E-state index contributed by atoms with van der Waals surface area (Å²) in [4.78, 5) is 18.9. The third kappa shape index (κ3) is 5.01. The minimum absolute atomic E-state index is 0.0212. The van der Waals surface area contributed by atoms with E-state index in [0.29, 0.717) is 40.3 Å². The zero-order valence-electron chi connectivity index (χ0n) is 20.5. The second-order valence-electron chi connectivity index (χ2n) is 9.13. The van der Waals surface area contributed by atoms with Crippen molar-refractivity contribution in [3.05, 3.63) is 82.3 Å². The van der Waals surface area contributed by atoms with Gasteiger partial charge in [-0.15, -0.1) is 0 Å². The monoisotopic (exact) mass is 526 g/mol. The highest BCUT2D eigenvalue weighted by molar-refractivity contribution is 6.31. The van der Waals surface area contributed by atoms with E-state index in [9.17, 15) is 13.6 Å². The van der Waals surface area contributed by atoms with Gasteiger partial charge in [0.2, 0.25) is 5.91 Å². The normalized spacial score (nSPS) is 16.9. The fraction of sp³-hybridized carbons (Fsp3) is 0.296. The Kier molecular flexibility index (Phi) is 6.83. The molecule has 0 aliphatic carbocycles. The first-order valence-electron chi connectivity index (χ1n) is 11.8. The van der Waals surface area contributed by atoms with E-state index in [1.807, 2.05) is 39.0 Å². The number of hydrogen-bond donors (Lipinski definition) is 0. The highest BCUT2D eigenvalue weighted by atomic mass is 35.5. The predicted octanol–water partition coefficient (Wildman–Crippen LogP) is 5.55. The van der Waals surface area contributed by atoms with Crippen molar-refractivity contribution in [1.82, 2.24) is 19.7 Å². The molecule has 0 unspecified atom stereocenters. The van der Waals surface area contributed by atoms with Gasteiger partial charge >= 0.3 is 0 Å². The summed E-state index contributed by atoms with van der Waals surface area (Å²) in [5, 5.41) is 5.01. The van der Waals surface area contributed by atoms with Crippen LogP contribution >= 0.6 is 11.6 Å². The molecule has 2 atom stereocenters.